The zero-order valence-electron chi connectivity index (χ0n) is 15.9. The summed E-state index contributed by atoms with van der Waals surface area (Å²) < 4.78 is 5.40. The van der Waals surface area contributed by atoms with Crippen molar-refractivity contribution in [2.24, 2.45) is 5.92 Å². The number of nitrogens with one attached hydrogen (secondary N) is 1. The molecule has 1 saturated heterocycles. The number of aryl methyl sites for hydroxylation is 2. The van der Waals surface area contributed by atoms with Crippen molar-refractivity contribution in [3.63, 3.8) is 0 Å². The van der Waals surface area contributed by atoms with E-state index in [9.17, 15) is 4.79 Å². The summed E-state index contributed by atoms with van der Waals surface area (Å²) in [4.78, 5) is 28.8. The van der Waals surface area contributed by atoms with Crippen LogP contribution in [0.25, 0.3) is 11.4 Å². The Hall–Kier alpha value is -2.65. The summed E-state index contributed by atoms with van der Waals surface area (Å²) in [6, 6.07) is 3.69. The van der Waals surface area contributed by atoms with E-state index in [1.165, 1.54) is 11.3 Å². The molecule has 0 unspecified atom stereocenters. The van der Waals surface area contributed by atoms with E-state index >= 15 is 0 Å². The molecule has 146 valence electrons. The van der Waals surface area contributed by atoms with Gasteiger partial charge in [-0.25, -0.2) is 4.98 Å². The van der Waals surface area contributed by atoms with E-state index in [-0.39, 0.29) is 11.8 Å². The minimum atomic E-state index is -0.0687. The van der Waals surface area contributed by atoms with Gasteiger partial charge >= 0.3 is 0 Å². The lowest BCUT2D eigenvalue weighted by molar-refractivity contribution is -0.121. The van der Waals surface area contributed by atoms with Crippen LogP contribution in [0.3, 0.4) is 0 Å². The average Bonchev–Trinajstić information content (AvgIpc) is 3.29. The molecule has 1 fully saturated rings. The molecule has 28 heavy (non-hydrogen) atoms. The molecule has 9 heteroatoms. The van der Waals surface area contributed by atoms with E-state index in [2.05, 4.69) is 30.3 Å². The maximum absolute atomic E-state index is 12.6. The topological polar surface area (TPSA) is 97.0 Å². The summed E-state index contributed by atoms with van der Waals surface area (Å²) in [7, 11) is 0. The summed E-state index contributed by atoms with van der Waals surface area (Å²) in [5, 5.41) is 7.69. The first-order valence-corrected chi connectivity index (χ1v) is 10.1. The quantitative estimate of drug-likeness (QED) is 0.705. The number of nitrogens with zero attached hydrogens (tertiary/aromatic N) is 5. The second kappa shape index (κ2) is 8.15. The van der Waals surface area contributed by atoms with E-state index in [4.69, 9.17) is 4.52 Å². The Morgan fingerprint density at radius 3 is 2.89 bits per heavy atom. The van der Waals surface area contributed by atoms with Crippen LogP contribution in [0.4, 0.5) is 5.13 Å². The molecule has 0 saturated carbocycles. The van der Waals surface area contributed by atoms with Crippen molar-refractivity contribution in [1.29, 1.82) is 0 Å². The third-order valence-electron chi connectivity index (χ3n) is 4.90. The number of pyridine rings is 1. The van der Waals surface area contributed by atoms with E-state index in [0.717, 1.165) is 35.5 Å². The van der Waals surface area contributed by atoms with Crippen molar-refractivity contribution >= 4 is 22.4 Å². The van der Waals surface area contributed by atoms with E-state index < -0.39 is 0 Å². The number of anilines is 1. The third-order valence-corrected chi connectivity index (χ3v) is 5.89. The second-order valence-electron chi connectivity index (χ2n) is 6.97. The summed E-state index contributed by atoms with van der Waals surface area (Å²) in [6.45, 7) is 6.08. The van der Waals surface area contributed by atoms with Crippen molar-refractivity contribution in [3.8, 4) is 11.4 Å². The summed E-state index contributed by atoms with van der Waals surface area (Å²) in [5.41, 5.74) is 1.84. The summed E-state index contributed by atoms with van der Waals surface area (Å²) in [5.74, 6) is 1.07. The zero-order chi connectivity index (χ0) is 19.5. The van der Waals surface area contributed by atoms with Crippen LogP contribution < -0.4 is 5.32 Å². The highest BCUT2D eigenvalue weighted by Crippen LogP contribution is 2.24. The van der Waals surface area contributed by atoms with E-state index in [1.54, 1.807) is 12.4 Å². The number of hydrogen-bond donors (Lipinski definition) is 1. The van der Waals surface area contributed by atoms with Crippen LogP contribution in [0.15, 0.2) is 29.0 Å². The molecule has 0 bridgehead atoms. The fourth-order valence-electron chi connectivity index (χ4n) is 3.28. The minimum absolute atomic E-state index is 0.0291. The van der Waals surface area contributed by atoms with Crippen LogP contribution in [-0.4, -0.2) is 44.0 Å². The number of thiazole rings is 1. The Balaban J connectivity index is 1.36. The van der Waals surface area contributed by atoms with E-state index in [1.807, 2.05) is 26.0 Å². The highest BCUT2D eigenvalue weighted by atomic mass is 32.1. The molecule has 1 amide bonds. The lowest BCUT2D eigenvalue weighted by Crippen LogP contribution is -2.40. The molecule has 1 aliphatic rings. The van der Waals surface area contributed by atoms with Crippen molar-refractivity contribution in [1.82, 2.24) is 25.0 Å². The Kier molecular flexibility index (Phi) is 5.45. The molecule has 1 N–H and O–H groups in total. The normalized spacial score (nSPS) is 17.6. The Bertz CT molecular complexity index is 935. The van der Waals surface area contributed by atoms with Crippen LogP contribution >= 0.6 is 11.3 Å². The number of amides is 1. The van der Waals surface area contributed by atoms with Crippen molar-refractivity contribution in [2.75, 3.05) is 18.4 Å². The molecule has 4 rings (SSSR count). The number of piperidine rings is 1. The lowest BCUT2D eigenvalue weighted by atomic mass is 9.97. The van der Waals surface area contributed by atoms with Gasteiger partial charge in [0.05, 0.1) is 18.2 Å². The second-order valence-corrected chi connectivity index (χ2v) is 8.17. The molecule has 0 radical (unpaired) electrons. The van der Waals surface area contributed by atoms with Gasteiger partial charge in [0.2, 0.25) is 17.6 Å². The first kappa shape index (κ1) is 18.7. The van der Waals surface area contributed by atoms with Crippen LogP contribution in [-0.2, 0) is 11.3 Å². The fourth-order valence-corrected chi connectivity index (χ4v) is 4.09. The number of rotatable bonds is 5. The monoisotopic (exact) mass is 398 g/mol. The molecule has 1 aliphatic heterocycles. The van der Waals surface area contributed by atoms with Crippen LogP contribution in [0, 0.1) is 19.8 Å². The fraction of sp³-hybridized carbons (Fsp3) is 0.421. The van der Waals surface area contributed by atoms with Crippen LogP contribution in [0.1, 0.15) is 29.3 Å². The first-order chi connectivity index (χ1) is 13.6. The van der Waals surface area contributed by atoms with E-state index in [0.29, 0.717) is 29.9 Å². The van der Waals surface area contributed by atoms with Gasteiger partial charge in [0.15, 0.2) is 5.13 Å². The molecular formula is C19H22N6O2S. The maximum atomic E-state index is 12.6. The first-order valence-electron chi connectivity index (χ1n) is 9.28. The number of carbonyl (C=O) groups excluding carboxylic acids is 1. The van der Waals surface area contributed by atoms with Gasteiger partial charge in [0.1, 0.15) is 0 Å². The highest BCUT2D eigenvalue weighted by Gasteiger charge is 2.27. The number of likely N-dealkylation sites (tertiary alicyclic amines) is 1. The van der Waals surface area contributed by atoms with Gasteiger partial charge in [0.25, 0.3) is 0 Å². The van der Waals surface area contributed by atoms with Crippen LogP contribution in [0.5, 0.6) is 0 Å². The van der Waals surface area contributed by atoms with Crippen molar-refractivity contribution in [3.05, 3.63) is 41.0 Å². The Morgan fingerprint density at radius 2 is 2.14 bits per heavy atom. The smallest absolute Gasteiger partial charge is 0.241 e. The average molecular weight is 398 g/mol. The highest BCUT2D eigenvalue weighted by molar-refractivity contribution is 7.15. The van der Waals surface area contributed by atoms with Gasteiger partial charge in [-0.05, 0) is 45.4 Å². The predicted molar refractivity (Wildman–Crippen MR) is 106 cm³/mol. The summed E-state index contributed by atoms with van der Waals surface area (Å²) >= 11 is 1.52. The molecule has 8 nitrogen and oxygen atoms in total. The maximum Gasteiger partial charge on any atom is 0.241 e. The van der Waals surface area contributed by atoms with Crippen molar-refractivity contribution < 1.29 is 9.32 Å². The van der Waals surface area contributed by atoms with Crippen molar-refractivity contribution in [2.45, 2.75) is 33.2 Å². The molecule has 1 atom stereocenters. The van der Waals surface area contributed by atoms with Gasteiger partial charge in [-0.1, -0.05) is 5.16 Å². The zero-order valence-corrected chi connectivity index (χ0v) is 16.7. The molecule has 0 spiro atoms. The van der Waals surface area contributed by atoms with Crippen LogP contribution in [0.2, 0.25) is 0 Å². The largest absolute Gasteiger partial charge is 0.338 e. The molecule has 4 heterocycles. The molecule has 0 aliphatic carbocycles. The number of aromatic nitrogens is 4. The molecular weight excluding hydrogens is 376 g/mol. The summed E-state index contributed by atoms with van der Waals surface area (Å²) in [6.07, 6.45) is 5.23. The van der Waals surface area contributed by atoms with Gasteiger partial charge in [-0.3, -0.25) is 14.7 Å². The predicted octanol–water partition coefficient (Wildman–Crippen LogP) is 3.06. The minimum Gasteiger partial charge on any atom is -0.338 e. The molecule has 3 aromatic rings. The Labute approximate surface area is 167 Å². The Morgan fingerprint density at radius 1 is 1.32 bits per heavy atom. The van der Waals surface area contributed by atoms with Gasteiger partial charge in [-0.15, -0.1) is 11.3 Å². The molecule has 0 aromatic carbocycles. The molecule has 3 aromatic heterocycles. The third kappa shape index (κ3) is 4.26. The lowest BCUT2D eigenvalue weighted by Gasteiger charge is -2.30. The van der Waals surface area contributed by atoms with Gasteiger partial charge in [0, 0.05) is 29.4 Å². The van der Waals surface area contributed by atoms with Gasteiger partial charge in [-0.2, -0.15) is 4.98 Å². The number of hydrogen-bond acceptors (Lipinski definition) is 8. The van der Waals surface area contributed by atoms with Gasteiger partial charge < -0.3 is 9.84 Å². The number of carbonyl (C=O) groups is 1. The SMILES string of the molecule is Cc1nc(NC(=O)[C@H]2CCCN(Cc3nc(-c4ccncc4)no3)C2)sc1C. The standard InChI is InChI=1S/C19H22N6O2S/c1-12-13(2)28-19(21-12)23-18(26)15-4-3-9-25(10-15)11-16-22-17(24-27-16)14-5-7-20-8-6-14/h5-8,15H,3-4,9-11H2,1-2H3,(H,21,23,26)/t15-/m0/s1.